The molecular weight excluding hydrogens is 212 g/mol. The Morgan fingerprint density at radius 2 is 2.06 bits per heavy atom. The molecule has 0 saturated heterocycles. The van der Waals surface area contributed by atoms with E-state index in [1.54, 1.807) is 7.11 Å². The molecule has 17 heavy (non-hydrogen) atoms. The minimum atomic E-state index is 0.338. The van der Waals surface area contributed by atoms with E-state index in [9.17, 15) is 0 Å². The van der Waals surface area contributed by atoms with Crippen LogP contribution in [0.1, 0.15) is 27.2 Å². The molecule has 3 nitrogen and oxygen atoms in total. The summed E-state index contributed by atoms with van der Waals surface area (Å²) in [5.41, 5.74) is 6.21. The Hall–Kier alpha value is -0.380. The fraction of sp³-hybridized carbons (Fsp3) is 0.857. The molecule has 1 unspecified atom stereocenters. The standard InChI is InChI=1S/C14H30N2O/c1-6-7-16(8-9-17-5)12-13(11-15)10-14(2,3)4/h6,13H,1,7-12,15H2,2-5H3. The van der Waals surface area contributed by atoms with Gasteiger partial charge in [-0.1, -0.05) is 26.8 Å². The molecule has 0 aliphatic carbocycles. The van der Waals surface area contributed by atoms with E-state index in [1.165, 1.54) is 0 Å². The zero-order chi connectivity index (χ0) is 13.3. The van der Waals surface area contributed by atoms with E-state index in [2.05, 4.69) is 32.3 Å². The van der Waals surface area contributed by atoms with Gasteiger partial charge in [0.25, 0.3) is 0 Å². The predicted molar refractivity (Wildman–Crippen MR) is 75.1 cm³/mol. The molecular formula is C14H30N2O. The summed E-state index contributed by atoms with van der Waals surface area (Å²) in [4.78, 5) is 2.36. The van der Waals surface area contributed by atoms with Crippen molar-refractivity contribution >= 4 is 0 Å². The van der Waals surface area contributed by atoms with Crippen molar-refractivity contribution in [2.75, 3.05) is 39.9 Å². The zero-order valence-corrected chi connectivity index (χ0v) is 12.0. The first-order valence-electron chi connectivity index (χ1n) is 6.45. The summed E-state index contributed by atoms with van der Waals surface area (Å²) in [6.45, 7) is 15.0. The Morgan fingerprint density at radius 1 is 1.41 bits per heavy atom. The van der Waals surface area contributed by atoms with Crippen LogP contribution in [0.5, 0.6) is 0 Å². The Bertz CT molecular complexity index is 199. The van der Waals surface area contributed by atoms with Gasteiger partial charge in [0, 0.05) is 26.7 Å². The molecule has 0 amide bonds. The summed E-state index contributed by atoms with van der Waals surface area (Å²) in [5, 5.41) is 0. The summed E-state index contributed by atoms with van der Waals surface area (Å²) in [7, 11) is 1.74. The second-order valence-electron chi connectivity index (χ2n) is 5.91. The second kappa shape index (κ2) is 8.67. The molecule has 0 rings (SSSR count). The van der Waals surface area contributed by atoms with Gasteiger partial charge in [-0.2, -0.15) is 0 Å². The summed E-state index contributed by atoms with van der Waals surface area (Å²) in [6, 6.07) is 0. The highest BCUT2D eigenvalue weighted by molar-refractivity contribution is 4.78. The van der Waals surface area contributed by atoms with Crippen molar-refractivity contribution in [3.8, 4) is 0 Å². The number of nitrogens with zero attached hydrogens (tertiary/aromatic N) is 1. The highest BCUT2D eigenvalue weighted by atomic mass is 16.5. The monoisotopic (exact) mass is 242 g/mol. The van der Waals surface area contributed by atoms with Gasteiger partial charge in [-0.25, -0.2) is 0 Å². The quantitative estimate of drug-likeness (QED) is 0.630. The highest BCUT2D eigenvalue weighted by Crippen LogP contribution is 2.24. The molecule has 1 atom stereocenters. The summed E-state index contributed by atoms with van der Waals surface area (Å²) < 4.78 is 5.13. The van der Waals surface area contributed by atoms with E-state index >= 15 is 0 Å². The molecule has 0 aromatic heterocycles. The zero-order valence-electron chi connectivity index (χ0n) is 12.0. The minimum absolute atomic E-state index is 0.338. The van der Waals surface area contributed by atoms with Crippen LogP contribution < -0.4 is 5.73 Å². The average molecular weight is 242 g/mol. The van der Waals surface area contributed by atoms with Crippen molar-refractivity contribution < 1.29 is 4.74 Å². The first-order valence-corrected chi connectivity index (χ1v) is 6.45. The van der Waals surface area contributed by atoms with Crippen molar-refractivity contribution in [3.05, 3.63) is 12.7 Å². The first-order chi connectivity index (χ1) is 7.92. The van der Waals surface area contributed by atoms with Crippen molar-refractivity contribution in [1.29, 1.82) is 0 Å². The number of hydrogen-bond donors (Lipinski definition) is 1. The summed E-state index contributed by atoms with van der Waals surface area (Å²) in [6.07, 6.45) is 3.10. The number of hydrogen-bond acceptors (Lipinski definition) is 3. The number of nitrogens with two attached hydrogens (primary N) is 1. The molecule has 0 saturated carbocycles. The first kappa shape index (κ1) is 16.6. The third kappa shape index (κ3) is 9.33. The largest absolute Gasteiger partial charge is 0.383 e. The number of methoxy groups -OCH3 is 1. The van der Waals surface area contributed by atoms with Crippen LogP contribution in [0.25, 0.3) is 0 Å². The van der Waals surface area contributed by atoms with Gasteiger partial charge in [0.2, 0.25) is 0 Å². The van der Waals surface area contributed by atoms with Crippen LogP contribution in [0.2, 0.25) is 0 Å². The van der Waals surface area contributed by atoms with Gasteiger partial charge in [0.1, 0.15) is 0 Å². The van der Waals surface area contributed by atoms with E-state index in [0.29, 0.717) is 11.3 Å². The highest BCUT2D eigenvalue weighted by Gasteiger charge is 2.19. The van der Waals surface area contributed by atoms with Gasteiger partial charge in [-0.05, 0) is 24.3 Å². The van der Waals surface area contributed by atoms with E-state index in [1.807, 2.05) is 6.08 Å². The van der Waals surface area contributed by atoms with Crippen LogP contribution in [-0.4, -0.2) is 44.8 Å². The fourth-order valence-electron chi connectivity index (χ4n) is 2.11. The van der Waals surface area contributed by atoms with Crippen molar-refractivity contribution in [2.24, 2.45) is 17.1 Å². The lowest BCUT2D eigenvalue weighted by Crippen LogP contribution is -2.36. The molecule has 0 spiro atoms. The molecule has 0 aliphatic heterocycles. The van der Waals surface area contributed by atoms with Gasteiger partial charge in [0.15, 0.2) is 0 Å². The van der Waals surface area contributed by atoms with E-state index in [0.717, 1.165) is 39.2 Å². The smallest absolute Gasteiger partial charge is 0.0589 e. The number of rotatable bonds is 9. The lowest BCUT2D eigenvalue weighted by Gasteiger charge is -2.30. The van der Waals surface area contributed by atoms with Gasteiger partial charge in [0.05, 0.1) is 6.61 Å². The Kier molecular flexibility index (Phi) is 8.48. The van der Waals surface area contributed by atoms with Crippen LogP contribution in [0, 0.1) is 11.3 Å². The van der Waals surface area contributed by atoms with Crippen molar-refractivity contribution in [3.63, 3.8) is 0 Å². The van der Waals surface area contributed by atoms with Crippen LogP contribution in [-0.2, 0) is 4.74 Å². The Labute approximate surface area is 107 Å². The maximum atomic E-state index is 5.87. The van der Waals surface area contributed by atoms with Gasteiger partial charge in [-0.3, -0.25) is 4.90 Å². The Morgan fingerprint density at radius 3 is 2.47 bits per heavy atom. The molecule has 0 fully saturated rings. The third-order valence-electron chi connectivity index (χ3n) is 2.75. The van der Waals surface area contributed by atoms with Crippen molar-refractivity contribution in [1.82, 2.24) is 4.90 Å². The molecule has 2 N–H and O–H groups in total. The second-order valence-corrected chi connectivity index (χ2v) is 5.91. The normalized spacial score (nSPS) is 14.0. The minimum Gasteiger partial charge on any atom is -0.383 e. The Balaban J connectivity index is 4.21. The van der Waals surface area contributed by atoms with Gasteiger partial charge >= 0.3 is 0 Å². The number of ether oxygens (including phenoxy) is 1. The lowest BCUT2D eigenvalue weighted by atomic mass is 9.84. The van der Waals surface area contributed by atoms with Gasteiger partial charge in [-0.15, -0.1) is 6.58 Å². The van der Waals surface area contributed by atoms with Crippen LogP contribution in [0.3, 0.4) is 0 Å². The maximum absolute atomic E-state index is 5.87. The van der Waals surface area contributed by atoms with E-state index in [4.69, 9.17) is 10.5 Å². The van der Waals surface area contributed by atoms with Crippen LogP contribution >= 0.6 is 0 Å². The van der Waals surface area contributed by atoms with Crippen LogP contribution in [0.4, 0.5) is 0 Å². The molecule has 0 radical (unpaired) electrons. The fourth-order valence-corrected chi connectivity index (χ4v) is 2.11. The topological polar surface area (TPSA) is 38.5 Å². The van der Waals surface area contributed by atoms with E-state index in [-0.39, 0.29) is 0 Å². The summed E-state index contributed by atoms with van der Waals surface area (Å²) in [5.74, 6) is 0.548. The molecule has 0 heterocycles. The molecule has 0 bridgehead atoms. The maximum Gasteiger partial charge on any atom is 0.0589 e. The van der Waals surface area contributed by atoms with Gasteiger partial charge < -0.3 is 10.5 Å². The lowest BCUT2D eigenvalue weighted by molar-refractivity contribution is 0.136. The molecule has 102 valence electrons. The van der Waals surface area contributed by atoms with E-state index < -0.39 is 0 Å². The van der Waals surface area contributed by atoms with Crippen molar-refractivity contribution in [2.45, 2.75) is 27.2 Å². The molecule has 3 heteroatoms. The average Bonchev–Trinajstić information content (AvgIpc) is 2.23. The third-order valence-corrected chi connectivity index (χ3v) is 2.75. The van der Waals surface area contributed by atoms with Crippen LogP contribution in [0.15, 0.2) is 12.7 Å². The summed E-state index contributed by atoms with van der Waals surface area (Å²) >= 11 is 0. The molecule has 0 aromatic rings. The molecule has 0 aliphatic rings. The SMILES string of the molecule is C=CCN(CCOC)CC(CN)CC(C)(C)C. The predicted octanol–water partition coefficient (Wildman–Crippen LogP) is 2.13. The molecule has 0 aromatic carbocycles.